The molecule has 2 unspecified atom stereocenters. The van der Waals surface area contributed by atoms with E-state index in [2.05, 4.69) is 28.0 Å². The van der Waals surface area contributed by atoms with E-state index in [0.29, 0.717) is 12.1 Å². The Morgan fingerprint density at radius 2 is 2.47 bits per heavy atom. The molecule has 0 bridgehead atoms. The van der Waals surface area contributed by atoms with Gasteiger partial charge in [0.05, 0.1) is 17.8 Å². The lowest BCUT2D eigenvalue weighted by atomic mass is 10.1. The van der Waals surface area contributed by atoms with Crippen LogP contribution in [-0.4, -0.2) is 29.3 Å². The van der Waals surface area contributed by atoms with Gasteiger partial charge in [0.1, 0.15) is 0 Å². The lowest BCUT2D eigenvalue weighted by Crippen LogP contribution is -2.21. The van der Waals surface area contributed by atoms with E-state index in [1.54, 1.807) is 0 Å². The molecular formula is C11H19N3O. The Morgan fingerprint density at radius 1 is 1.67 bits per heavy atom. The van der Waals surface area contributed by atoms with E-state index < -0.39 is 0 Å². The summed E-state index contributed by atoms with van der Waals surface area (Å²) in [5.41, 5.74) is 1.05. The molecule has 0 aromatic carbocycles. The molecule has 1 aromatic rings. The zero-order valence-corrected chi connectivity index (χ0v) is 9.66. The molecule has 0 aliphatic carbocycles. The fraction of sp³-hybridized carbons (Fsp3) is 0.727. The first-order valence-electron chi connectivity index (χ1n) is 5.57. The molecule has 15 heavy (non-hydrogen) atoms. The second-order valence-corrected chi connectivity index (χ2v) is 4.16. The molecule has 4 nitrogen and oxygen atoms in total. The van der Waals surface area contributed by atoms with Gasteiger partial charge in [-0.25, -0.2) is 4.98 Å². The monoisotopic (exact) mass is 209 g/mol. The molecule has 4 heteroatoms. The fourth-order valence-corrected chi connectivity index (χ4v) is 2.17. The molecule has 0 amide bonds. The highest BCUT2D eigenvalue weighted by molar-refractivity contribution is 5.28. The third-order valence-electron chi connectivity index (χ3n) is 3.02. The lowest BCUT2D eigenvalue weighted by molar-refractivity contribution is 0.0739. The zero-order valence-electron chi connectivity index (χ0n) is 9.66. The van der Waals surface area contributed by atoms with E-state index >= 15 is 0 Å². The third-order valence-corrected chi connectivity index (χ3v) is 3.02. The number of nitrogens with one attached hydrogen (secondary N) is 1. The predicted molar refractivity (Wildman–Crippen MR) is 60.2 cm³/mol. The first kappa shape index (κ1) is 10.5. The average molecular weight is 209 g/mol. The zero-order chi connectivity index (χ0) is 10.8. The van der Waals surface area contributed by atoms with Gasteiger partial charge in [-0.2, -0.15) is 0 Å². The Labute approximate surface area is 90.6 Å². The molecule has 2 rings (SSSR count). The van der Waals surface area contributed by atoms with Crippen molar-refractivity contribution in [1.29, 1.82) is 0 Å². The number of anilines is 1. The Morgan fingerprint density at radius 3 is 3.07 bits per heavy atom. The molecule has 1 aliphatic heterocycles. The van der Waals surface area contributed by atoms with Crippen molar-refractivity contribution in [1.82, 2.24) is 9.55 Å². The van der Waals surface area contributed by atoms with Crippen molar-refractivity contribution >= 4 is 5.95 Å². The van der Waals surface area contributed by atoms with Crippen molar-refractivity contribution in [2.45, 2.75) is 38.8 Å². The van der Waals surface area contributed by atoms with Crippen molar-refractivity contribution in [2.75, 3.05) is 19.0 Å². The number of hydrogen-bond donors (Lipinski definition) is 1. The minimum Gasteiger partial charge on any atom is -0.376 e. The Balaban J connectivity index is 2.19. The molecule has 1 N–H and O–H groups in total. The van der Waals surface area contributed by atoms with Crippen LogP contribution in [0.1, 0.15) is 31.5 Å². The van der Waals surface area contributed by atoms with Crippen molar-refractivity contribution in [3.8, 4) is 0 Å². The summed E-state index contributed by atoms with van der Waals surface area (Å²) in [5.74, 6) is 0.926. The fourth-order valence-electron chi connectivity index (χ4n) is 2.17. The van der Waals surface area contributed by atoms with Crippen molar-refractivity contribution in [2.24, 2.45) is 0 Å². The lowest BCUT2D eigenvalue weighted by Gasteiger charge is -2.21. The van der Waals surface area contributed by atoms with Gasteiger partial charge in [-0.15, -0.1) is 0 Å². The number of rotatable bonds is 3. The predicted octanol–water partition coefficient (Wildman–Crippen LogP) is 1.97. The number of imidazole rings is 1. The quantitative estimate of drug-likeness (QED) is 0.827. The normalized spacial score (nSPS) is 23.0. The summed E-state index contributed by atoms with van der Waals surface area (Å²) in [5, 5.41) is 3.12. The van der Waals surface area contributed by atoms with Gasteiger partial charge < -0.3 is 14.6 Å². The summed E-state index contributed by atoms with van der Waals surface area (Å²) in [6.07, 6.45) is 4.75. The summed E-state index contributed by atoms with van der Waals surface area (Å²) in [6.45, 7) is 5.11. The Hall–Kier alpha value is -1.03. The van der Waals surface area contributed by atoms with Crippen LogP contribution < -0.4 is 5.32 Å². The van der Waals surface area contributed by atoms with E-state index in [1.807, 2.05) is 14.0 Å². The maximum absolute atomic E-state index is 5.70. The van der Waals surface area contributed by atoms with Gasteiger partial charge in [0, 0.05) is 19.9 Å². The van der Waals surface area contributed by atoms with Crippen LogP contribution in [0.15, 0.2) is 6.20 Å². The number of nitrogens with zero attached hydrogens (tertiary/aromatic N) is 2. The first-order valence-corrected chi connectivity index (χ1v) is 5.57. The smallest absolute Gasteiger partial charge is 0.203 e. The standard InChI is InChI=1S/C11H19N3O/c1-8-7-14(11(12-3)13-8)9(2)10-5-4-6-15-10/h7,9-10H,4-6H2,1-3H3,(H,12,13). The van der Waals surface area contributed by atoms with Crippen LogP contribution in [0.25, 0.3) is 0 Å². The average Bonchev–Trinajstić information content (AvgIpc) is 2.84. The summed E-state index contributed by atoms with van der Waals surface area (Å²) >= 11 is 0. The topological polar surface area (TPSA) is 39.1 Å². The largest absolute Gasteiger partial charge is 0.376 e. The van der Waals surface area contributed by atoms with E-state index in [4.69, 9.17) is 4.74 Å². The molecule has 84 valence electrons. The van der Waals surface area contributed by atoms with Crippen molar-refractivity contribution < 1.29 is 4.74 Å². The van der Waals surface area contributed by atoms with Gasteiger partial charge in [0.2, 0.25) is 5.95 Å². The molecule has 0 radical (unpaired) electrons. The summed E-state index contributed by atoms with van der Waals surface area (Å²) in [4.78, 5) is 4.42. The van der Waals surface area contributed by atoms with Crippen LogP contribution in [0.5, 0.6) is 0 Å². The number of aromatic nitrogens is 2. The molecule has 1 fully saturated rings. The van der Waals surface area contributed by atoms with E-state index in [1.165, 1.54) is 6.42 Å². The highest BCUT2D eigenvalue weighted by Crippen LogP contribution is 2.26. The molecule has 1 saturated heterocycles. The second kappa shape index (κ2) is 4.23. The van der Waals surface area contributed by atoms with Gasteiger partial charge in [0.25, 0.3) is 0 Å². The van der Waals surface area contributed by atoms with Crippen LogP contribution in [0.2, 0.25) is 0 Å². The first-order chi connectivity index (χ1) is 7.22. The molecule has 2 heterocycles. The summed E-state index contributed by atoms with van der Waals surface area (Å²) in [6, 6.07) is 0.358. The highest BCUT2D eigenvalue weighted by Gasteiger charge is 2.25. The van der Waals surface area contributed by atoms with Gasteiger partial charge >= 0.3 is 0 Å². The van der Waals surface area contributed by atoms with Gasteiger partial charge in [-0.3, -0.25) is 0 Å². The second-order valence-electron chi connectivity index (χ2n) is 4.16. The maximum atomic E-state index is 5.70. The number of aryl methyl sites for hydroxylation is 1. The van der Waals surface area contributed by atoms with Crippen LogP contribution in [0.4, 0.5) is 5.95 Å². The molecule has 1 aromatic heterocycles. The third kappa shape index (κ3) is 2.00. The Bertz CT molecular complexity index is 329. The SMILES string of the molecule is CNc1nc(C)cn1C(C)C1CCCO1. The van der Waals surface area contributed by atoms with Gasteiger partial charge in [-0.05, 0) is 26.7 Å². The van der Waals surface area contributed by atoms with Crippen molar-refractivity contribution in [3.05, 3.63) is 11.9 Å². The van der Waals surface area contributed by atoms with E-state index in [9.17, 15) is 0 Å². The molecular weight excluding hydrogens is 190 g/mol. The van der Waals surface area contributed by atoms with Crippen LogP contribution in [0.3, 0.4) is 0 Å². The highest BCUT2D eigenvalue weighted by atomic mass is 16.5. The number of ether oxygens (including phenoxy) is 1. The van der Waals surface area contributed by atoms with Crippen LogP contribution in [0, 0.1) is 6.92 Å². The van der Waals surface area contributed by atoms with Crippen LogP contribution >= 0.6 is 0 Å². The summed E-state index contributed by atoms with van der Waals surface area (Å²) in [7, 11) is 1.90. The van der Waals surface area contributed by atoms with E-state index in [-0.39, 0.29) is 0 Å². The minimum atomic E-state index is 0.339. The molecule has 0 spiro atoms. The van der Waals surface area contributed by atoms with Gasteiger partial charge in [0.15, 0.2) is 0 Å². The van der Waals surface area contributed by atoms with Gasteiger partial charge in [-0.1, -0.05) is 0 Å². The Kier molecular flexibility index (Phi) is 2.95. The number of hydrogen-bond acceptors (Lipinski definition) is 3. The van der Waals surface area contributed by atoms with Crippen LogP contribution in [-0.2, 0) is 4.74 Å². The maximum Gasteiger partial charge on any atom is 0.203 e. The minimum absolute atomic E-state index is 0.339. The summed E-state index contributed by atoms with van der Waals surface area (Å²) < 4.78 is 7.87. The van der Waals surface area contributed by atoms with E-state index in [0.717, 1.165) is 24.7 Å². The molecule has 2 atom stereocenters. The molecule has 1 aliphatic rings. The molecule has 0 saturated carbocycles. The van der Waals surface area contributed by atoms with Crippen molar-refractivity contribution in [3.63, 3.8) is 0 Å².